The summed E-state index contributed by atoms with van der Waals surface area (Å²) in [6.45, 7) is -0.0893. The van der Waals surface area contributed by atoms with Gasteiger partial charge >= 0.3 is 5.97 Å². The van der Waals surface area contributed by atoms with Crippen LogP contribution in [0.1, 0.15) is 32.9 Å². The van der Waals surface area contributed by atoms with Gasteiger partial charge in [0.05, 0.1) is 40.5 Å². The first-order valence-corrected chi connectivity index (χ1v) is 13.7. The zero-order chi connectivity index (χ0) is 32.1. The molecule has 1 atom stereocenters. The quantitative estimate of drug-likeness (QED) is 0.216. The number of carbonyl (C=O) groups is 2. The Morgan fingerprint density at radius 3 is 2.49 bits per heavy atom. The van der Waals surface area contributed by atoms with Crippen molar-refractivity contribution in [2.75, 3.05) is 14.2 Å². The van der Waals surface area contributed by atoms with Gasteiger partial charge in [0.25, 0.3) is 5.91 Å². The van der Waals surface area contributed by atoms with Crippen LogP contribution in [0.2, 0.25) is 0 Å². The van der Waals surface area contributed by atoms with E-state index >= 15 is 4.39 Å². The number of hydrogen-bond donors (Lipinski definition) is 2. The summed E-state index contributed by atoms with van der Waals surface area (Å²) in [5, 5.41) is 21.0. The van der Waals surface area contributed by atoms with Gasteiger partial charge in [0.1, 0.15) is 24.1 Å². The lowest BCUT2D eigenvalue weighted by molar-refractivity contribution is -0.131. The number of carboxylic acids is 1. The van der Waals surface area contributed by atoms with E-state index in [9.17, 15) is 19.1 Å². The maximum Gasteiger partial charge on any atom is 0.335 e. The molecule has 2 aromatic heterocycles. The largest absolute Gasteiger partial charge is 0.478 e. The molecule has 0 aliphatic heterocycles. The number of aromatic nitrogens is 3. The smallest absolute Gasteiger partial charge is 0.335 e. The third kappa shape index (κ3) is 6.79. The Kier molecular flexibility index (Phi) is 9.11. The summed E-state index contributed by atoms with van der Waals surface area (Å²) < 4.78 is 42.5. The van der Waals surface area contributed by atoms with Crippen LogP contribution < -0.4 is 10.1 Å². The van der Waals surface area contributed by atoms with E-state index in [1.54, 1.807) is 41.0 Å². The van der Waals surface area contributed by atoms with E-state index in [-0.39, 0.29) is 48.0 Å². The molecule has 0 unspecified atom stereocenters. The summed E-state index contributed by atoms with van der Waals surface area (Å²) in [5.41, 5.74) is 2.68. The molecule has 0 saturated heterocycles. The number of hydrogen-bond acceptors (Lipinski definition) is 7. The van der Waals surface area contributed by atoms with Crippen molar-refractivity contribution in [3.63, 3.8) is 0 Å². The van der Waals surface area contributed by atoms with Crippen LogP contribution in [0.25, 0.3) is 22.3 Å². The van der Waals surface area contributed by atoms with Crippen molar-refractivity contribution in [2.24, 2.45) is 0 Å². The van der Waals surface area contributed by atoms with Gasteiger partial charge in [-0.2, -0.15) is 5.26 Å². The average Bonchev–Trinajstić information content (AvgIpc) is 3.39. The van der Waals surface area contributed by atoms with E-state index < -0.39 is 23.7 Å². The number of imidazole rings is 1. The van der Waals surface area contributed by atoms with Gasteiger partial charge in [0.2, 0.25) is 5.88 Å². The molecule has 0 bridgehead atoms. The maximum atomic E-state index is 15.5. The van der Waals surface area contributed by atoms with E-state index in [1.165, 1.54) is 44.5 Å². The second-order valence-corrected chi connectivity index (χ2v) is 10.0. The minimum atomic E-state index is -1.12. The van der Waals surface area contributed by atoms with Crippen LogP contribution in [-0.2, 0) is 29.1 Å². The molecule has 2 N–H and O–H groups in total. The second-order valence-electron chi connectivity index (χ2n) is 10.0. The highest BCUT2D eigenvalue weighted by atomic mass is 19.1. The van der Waals surface area contributed by atoms with Crippen molar-refractivity contribution in [3.8, 4) is 23.2 Å². The summed E-state index contributed by atoms with van der Waals surface area (Å²) in [5.74, 6) is -1.97. The molecule has 1 amide bonds. The topological polar surface area (TPSA) is 139 Å². The van der Waals surface area contributed by atoms with Crippen LogP contribution >= 0.6 is 0 Å². The lowest BCUT2D eigenvalue weighted by Crippen LogP contribution is -2.36. The van der Waals surface area contributed by atoms with Gasteiger partial charge in [0.15, 0.2) is 6.10 Å². The third-order valence-corrected chi connectivity index (χ3v) is 7.22. The monoisotopic (exact) mass is 611 g/mol. The van der Waals surface area contributed by atoms with Crippen molar-refractivity contribution in [2.45, 2.75) is 25.7 Å². The van der Waals surface area contributed by atoms with Gasteiger partial charge in [-0.05, 0) is 48.0 Å². The van der Waals surface area contributed by atoms with E-state index in [1.807, 2.05) is 6.07 Å². The molecule has 3 aromatic carbocycles. The highest BCUT2D eigenvalue weighted by Gasteiger charge is 2.22. The number of benzene rings is 3. The lowest BCUT2D eigenvalue weighted by atomic mass is 10.1. The molecule has 0 aliphatic carbocycles. The van der Waals surface area contributed by atoms with E-state index in [0.29, 0.717) is 33.7 Å². The van der Waals surface area contributed by atoms with E-state index in [2.05, 4.69) is 15.3 Å². The predicted octanol–water partition coefficient (Wildman–Crippen LogP) is 4.88. The minimum absolute atomic E-state index is 0.0217. The summed E-state index contributed by atoms with van der Waals surface area (Å²) in [6.07, 6.45) is -0.860. The molecular weight excluding hydrogens is 584 g/mol. The van der Waals surface area contributed by atoms with Crippen molar-refractivity contribution >= 4 is 22.9 Å². The first-order valence-electron chi connectivity index (χ1n) is 13.7. The fourth-order valence-electron chi connectivity index (χ4n) is 4.80. The average molecular weight is 612 g/mol. The van der Waals surface area contributed by atoms with Gasteiger partial charge in [-0.25, -0.2) is 23.5 Å². The van der Waals surface area contributed by atoms with Crippen LogP contribution in [0, 0.1) is 23.0 Å². The molecule has 0 aliphatic rings. The molecule has 0 fully saturated rings. The lowest BCUT2D eigenvalue weighted by Gasteiger charge is -2.17. The number of carbonyl (C=O) groups excluding carboxylic acids is 1. The Morgan fingerprint density at radius 1 is 1.02 bits per heavy atom. The Balaban J connectivity index is 1.40. The first kappa shape index (κ1) is 30.8. The summed E-state index contributed by atoms with van der Waals surface area (Å²) in [6, 6.07) is 20.0. The predicted molar refractivity (Wildman–Crippen MR) is 159 cm³/mol. The molecule has 12 heteroatoms. The number of carboxylic acid groups (broad SMARTS) is 1. The molecule has 5 aromatic rings. The highest BCUT2D eigenvalue weighted by molar-refractivity contribution is 5.92. The van der Waals surface area contributed by atoms with Gasteiger partial charge in [-0.1, -0.05) is 24.3 Å². The molecule has 10 nitrogen and oxygen atoms in total. The number of nitrogens with one attached hydrogen (secondary N) is 1. The van der Waals surface area contributed by atoms with Crippen molar-refractivity contribution in [3.05, 3.63) is 113 Å². The molecule has 0 spiro atoms. The molecule has 45 heavy (non-hydrogen) atoms. The number of rotatable bonds is 11. The highest BCUT2D eigenvalue weighted by Crippen LogP contribution is 2.26. The van der Waals surface area contributed by atoms with Gasteiger partial charge < -0.3 is 24.5 Å². The number of methoxy groups -OCH3 is 1. The molecule has 0 saturated carbocycles. The van der Waals surface area contributed by atoms with Crippen LogP contribution in [0.5, 0.6) is 5.88 Å². The molecule has 5 rings (SSSR count). The molecule has 0 radical (unpaired) electrons. The summed E-state index contributed by atoms with van der Waals surface area (Å²) in [7, 11) is 2.87. The molecular formula is C33H27F2N5O5. The van der Waals surface area contributed by atoms with Crippen molar-refractivity contribution < 1.29 is 33.0 Å². The van der Waals surface area contributed by atoms with Gasteiger partial charge in [-0.3, -0.25) is 4.79 Å². The SMILES string of the molecule is CNC(=O)[C@H](Cn1c(Cc2ccc(-c3cccc(OCc4ccc(C#N)cc4F)n3)cc2F)nc2ccc(C(=O)O)cc21)OC. The van der Waals surface area contributed by atoms with Crippen LogP contribution in [0.4, 0.5) is 8.78 Å². The second kappa shape index (κ2) is 13.3. The summed E-state index contributed by atoms with van der Waals surface area (Å²) in [4.78, 5) is 33.1. The Hall–Kier alpha value is -5.67. The summed E-state index contributed by atoms with van der Waals surface area (Å²) >= 11 is 0. The number of ether oxygens (including phenoxy) is 2. The Bertz CT molecular complexity index is 1950. The van der Waals surface area contributed by atoms with Crippen molar-refractivity contribution in [1.82, 2.24) is 19.9 Å². The van der Waals surface area contributed by atoms with Crippen LogP contribution in [0.3, 0.4) is 0 Å². The number of nitriles is 1. The third-order valence-electron chi connectivity index (χ3n) is 7.22. The minimum Gasteiger partial charge on any atom is -0.478 e. The van der Waals surface area contributed by atoms with Gasteiger partial charge in [0, 0.05) is 37.8 Å². The number of fused-ring (bicyclic) bond motifs is 1. The number of aromatic carboxylic acids is 1. The normalized spacial score (nSPS) is 11.6. The Morgan fingerprint density at radius 2 is 1.80 bits per heavy atom. The fraction of sp³-hybridized carbons (Fsp3) is 0.182. The molecule has 2 heterocycles. The van der Waals surface area contributed by atoms with Crippen LogP contribution in [0.15, 0.2) is 72.8 Å². The van der Waals surface area contributed by atoms with Gasteiger partial charge in [-0.15, -0.1) is 0 Å². The number of amides is 1. The number of nitrogens with zero attached hydrogens (tertiary/aromatic N) is 4. The van der Waals surface area contributed by atoms with Crippen LogP contribution in [-0.4, -0.2) is 51.8 Å². The Labute approximate surface area is 256 Å². The molecule has 228 valence electrons. The number of likely N-dealkylation sites (N-methyl/N-ethyl adjacent to an activating group) is 1. The standard InChI is InChI=1S/C33H27F2N5O5/c1-37-32(41)29(44-2)17-40-28-14-22(33(42)43)10-11-27(28)38-30(40)15-20-8-9-21(13-25(20)35)26-4-3-5-31(39-26)45-18-23-7-6-19(16-36)12-24(23)34/h3-14,29H,15,17-18H2,1-2H3,(H,37,41)(H,42,43)/t29-/m0/s1. The van der Waals surface area contributed by atoms with Crippen molar-refractivity contribution in [1.29, 1.82) is 5.26 Å². The van der Waals surface area contributed by atoms with E-state index in [0.717, 1.165) is 6.07 Å². The zero-order valence-electron chi connectivity index (χ0n) is 24.3. The zero-order valence-corrected chi connectivity index (χ0v) is 24.3. The number of pyridine rings is 1. The van der Waals surface area contributed by atoms with E-state index in [4.69, 9.17) is 14.7 Å². The maximum absolute atomic E-state index is 15.5. The fourth-order valence-corrected chi connectivity index (χ4v) is 4.80. The first-order chi connectivity index (χ1) is 21.7. The number of halogens is 2.